The molecular weight excluding hydrogens is 487 g/mol. The van der Waals surface area contributed by atoms with Crippen LogP contribution in [0.2, 0.25) is 10.0 Å². The molecule has 1 aliphatic rings. The molecule has 0 aliphatic carbocycles. The summed E-state index contributed by atoms with van der Waals surface area (Å²) in [4.78, 5) is 10.5. The van der Waals surface area contributed by atoms with Crippen molar-refractivity contribution in [3.8, 4) is 11.5 Å². The zero-order valence-electron chi connectivity index (χ0n) is 19.4. The van der Waals surface area contributed by atoms with Crippen molar-refractivity contribution in [3.63, 3.8) is 0 Å². The molecule has 2 aromatic rings. The van der Waals surface area contributed by atoms with Gasteiger partial charge < -0.3 is 14.6 Å². The second kappa shape index (κ2) is 13.9. The summed E-state index contributed by atoms with van der Waals surface area (Å²) in [7, 11) is -2.70. The molecule has 0 saturated carbocycles. The van der Waals surface area contributed by atoms with Gasteiger partial charge in [-0.2, -0.15) is 4.31 Å². The predicted octanol–water partition coefficient (Wildman–Crippen LogP) is 4.62. The molecule has 1 fully saturated rings. The number of carbonyl (C=O) groups excluding carboxylic acids is 1. The van der Waals surface area contributed by atoms with E-state index in [9.17, 15) is 8.42 Å². The third-order valence-corrected chi connectivity index (χ3v) is 7.56. The van der Waals surface area contributed by atoms with Gasteiger partial charge in [0.05, 0.1) is 0 Å². The van der Waals surface area contributed by atoms with E-state index >= 15 is 0 Å². The van der Waals surface area contributed by atoms with Crippen LogP contribution in [0.3, 0.4) is 0 Å². The van der Waals surface area contributed by atoms with Gasteiger partial charge in [-0.15, -0.1) is 0 Å². The van der Waals surface area contributed by atoms with E-state index in [1.807, 2.05) is 19.8 Å². The standard InChI is InChI=1S/C21H26Cl2N2O3S.CH4O.CH2O/c1-4-24(5-2)18-8-9-25(14-18)29(26,27)21-10-15(3)6-7-20(21)28-19-12-16(22)11-17(23)13-19;2*1-2/h6-7,10-13,18H,4-5,8-9,14H2,1-3H3;2H,1H3;1H2. The normalized spacial score (nSPS) is 15.9. The Bertz CT molecular complexity index is 980. The monoisotopic (exact) mass is 518 g/mol. The molecule has 3 rings (SSSR count). The second-order valence-corrected chi connectivity index (χ2v) is 9.96. The highest BCUT2D eigenvalue weighted by Gasteiger charge is 2.36. The van der Waals surface area contributed by atoms with Crippen LogP contribution in [0.25, 0.3) is 0 Å². The lowest BCUT2D eigenvalue weighted by atomic mass is 10.2. The van der Waals surface area contributed by atoms with Crippen LogP contribution in [0.5, 0.6) is 11.5 Å². The number of likely N-dealkylation sites (N-methyl/N-ethyl adjacent to an activating group) is 1. The zero-order chi connectivity index (χ0) is 25.2. The van der Waals surface area contributed by atoms with Crippen LogP contribution < -0.4 is 4.74 Å². The summed E-state index contributed by atoms with van der Waals surface area (Å²) < 4.78 is 34.4. The third kappa shape index (κ3) is 7.67. The molecule has 1 N–H and O–H groups in total. The predicted molar refractivity (Wildman–Crippen MR) is 133 cm³/mol. The van der Waals surface area contributed by atoms with Gasteiger partial charge in [0.2, 0.25) is 10.0 Å². The average Bonchev–Trinajstić information content (AvgIpc) is 3.29. The van der Waals surface area contributed by atoms with Crippen LogP contribution >= 0.6 is 23.2 Å². The number of aliphatic hydroxyl groups excluding tert-OH is 1. The molecule has 0 radical (unpaired) electrons. The van der Waals surface area contributed by atoms with E-state index in [1.165, 1.54) is 0 Å². The van der Waals surface area contributed by atoms with Gasteiger partial charge in [-0.05, 0) is 62.3 Å². The smallest absolute Gasteiger partial charge is 0.246 e. The summed E-state index contributed by atoms with van der Waals surface area (Å²) in [6.07, 6.45) is 0.826. The lowest BCUT2D eigenvalue weighted by Gasteiger charge is -2.26. The number of nitrogens with zero attached hydrogens (tertiary/aromatic N) is 2. The largest absolute Gasteiger partial charge is 0.456 e. The molecular formula is C23H32Cl2N2O5S. The molecule has 1 unspecified atom stereocenters. The topological polar surface area (TPSA) is 87.2 Å². The van der Waals surface area contributed by atoms with Gasteiger partial charge in [0.25, 0.3) is 0 Å². The van der Waals surface area contributed by atoms with Gasteiger partial charge in [-0.1, -0.05) is 43.1 Å². The van der Waals surface area contributed by atoms with Crippen molar-refractivity contribution in [1.82, 2.24) is 9.21 Å². The molecule has 1 saturated heterocycles. The van der Waals surface area contributed by atoms with Crippen molar-refractivity contribution in [3.05, 3.63) is 52.0 Å². The van der Waals surface area contributed by atoms with E-state index < -0.39 is 10.0 Å². The van der Waals surface area contributed by atoms with Crippen molar-refractivity contribution in [2.45, 2.75) is 38.1 Å². The zero-order valence-corrected chi connectivity index (χ0v) is 21.8. The number of carbonyl (C=O) groups is 1. The summed E-state index contributed by atoms with van der Waals surface area (Å²) in [6.45, 7) is 10.9. The molecule has 33 heavy (non-hydrogen) atoms. The molecule has 184 valence electrons. The van der Waals surface area contributed by atoms with Gasteiger partial charge in [-0.25, -0.2) is 8.42 Å². The highest BCUT2D eigenvalue weighted by atomic mass is 35.5. The maximum absolute atomic E-state index is 13.5. The molecule has 1 heterocycles. The Morgan fingerprint density at radius 2 is 1.67 bits per heavy atom. The van der Waals surface area contributed by atoms with Gasteiger partial charge >= 0.3 is 0 Å². The Morgan fingerprint density at radius 1 is 1.09 bits per heavy atom. The molecule has 2 aromatic carbocycles. The van der Waals surface area contributed by atoms with Gasteiger partial charge in [0.15, 0.2) is 0 Å². The molecule has 7 nitrogen and oxygen atoms in total. The highest BCUT2D eigenvalue weighted by Crippen LogP contribution is 2.35. The summed E-state index contributed by atoms with van der Waals surface area (Å²) in [5, 5.41) is 7.84. The van der Waals surface area contributed by atoms with Crippen LogP contribution in [0, 0.1) is 6.92 Å². The highest BCUT2D eigenvalue weighted by molar-refractivity contribution is 7.89. The van der Waals surface area contributed by atoms with Gasteiger partial charge in [0.1, 0.15) is 23.2 Å². The van der Waals surface area contributed by atoms with Crippen molar-refractivity contribution in [2.75, 3.05) is 33.3 Å². The first-order chi connectivity index (χ1) is 15.7. The number of halogens is 2. The van der Waals surface area contributed by atoms with Crippen molar-refractivity contribution in [2.24, 2.45) is 0 Å². The average molecular weight is 519 g/mol. The Hall–Kier alpha value is -1.68. The van der Waals surface area contributed by atoms with Crippen LogP contribution in [0.15, 0.2) is 41.3 Å². The maximum Gasteiger partial charge on any atom is 0.246 e. The van der Waals surface area contributed by atoms with Gasteiger partial charge in [-0.3, -0.25) is 4.90 Å². The number of ether oxygens (including phenoxy) is 1. The molecule has 1 atom stereocenters. The fraction of sp³-hybridized carbons (Fsp3) is 0.435. The summed E-state index contributed by atoms with van der Waals surface area (Å²) in [5.41, 5.74) is 0.847. The number of sulfonamides is 1. The Labute approximate surface area is 206 Å². The Morgan fingerprint density at radius 3 is 2.21 bits per heavy atom. The van der Waals surface area contributed by atoms with Gasteiger partial charge in [0, 0.05) is 36.3 Å². The molecule has 0 bridgehead atoms. The lowest BCUT2D eigenvalue weighted by molar-refractivity contribution is -0.0980. The number of benzene rings is 2. The van der Waals surface area contributed by atoms with Crippen LogP contribution in [0.1, 0.15) is 25.8 Å². The molecule has 0 amide bonds. The van der Waals surface area contributed by atoms with E-state index in [0.717, 1.165) is 32.2 Å². The SMILES string of the molecule is C=O.CCN(CC)C1CCN(S(=O)(=O)c2cc(C)ccc2Oc2cc(Cl)cc(Cl)c2)C1.CO. The van der Waals surface area contributed by atoms with Crippen LogP contribution in [-0.2, 0) is 14.8 Å². The minimum Gasteiger partial charge on any atom is -0.456 e. The van der Waals surface area contributed by atoms with Crippen LogP contribution in [0.4, 0.5) is 0 Å². The molecule has 0 aromatic heterocycles. The third-order valence-electron chi connectivity index (χ3n) is 5.24. The van der Waals surface area contributed by atoms with Crippen molar-refractivity contribution < 1.29 is 23.1 Å². The van der Waals surface area contributed by atoms with E-state index in [4.69, 9.17) is 37.8 Å². The summed E-state index contributed by atoms with van der Waals surface area (Å²) >= 11 is 12.1. The minimum absolute atomic E-state index is 0.161. The first-order valence-electron chi connectivity index (χ1n) is 10.5. The molecule has 0 spiro atoms. The number of aliphatic hydroxyl groups is 1. The molecule has 10 heteroatoms. The first-order valence-corrected chi connectivity index (χ1v) is 12.7. The second-order valence-electron chi connectivity index (χ2n) is 7.18. The number of hydrogen-bond donors (Lipinski definition) is 1. The van der Waals surface area contributed by atoms with E-state index in [-0.39, 0.29) is 16.7 Å². The quantitative estimate of drug-likeness (QED) is 0.575. The lowest BCUT2D eigenvalue weighted by Crippen LogP contribution is -2.38. The molecule has 1 aliphatic heterocycles. The van der Waals surface area contributed by atoms with Crippen LogP contribution in [-0.4, -0.2) is 68.8 Å². The van der Waals surface area contributed by atoms with E-state index in [1.54, 1.807) is 34.6 Å². The minimum atomic E-state index is -3.70. The van der Waals surface area contributed by atoms with E-state index in [0.29, 0.717) is 28.9 Å². The summed E-state index contributed by atoms with van der Waals surface area (Å²) in [6, 6.07) is 10.2. The van der Waals surface area contributed by atoms with Crippen molar-refractivity contribution >= 4 is 40.0 Å². The number of aryl methyl sites for hydroxylation is 1. The van der Waals surface area contributed by atoms with Crippen molar-refractivity contribution in [1.29, 1.82) is 0 Å². The fourth-order valence-corrected chi connectivity index (χ4v) is 5.92. The Kier molecular flexibility index (Phi) is 12.4. The summed E-state index contributed by atoms with van der Waals surface area (Å²) in [5.74, 6) is 0.658. The first kappa shape index (κ1) is 29.4. The maximum atomic E-state index is 13.5. The number of rotatable bonds is 7. The Balaban J connectivity index is 0.00000129. The number of hydrogen-bond acceptors (Lipinski definition) is 6. The fourth-order valence-electron chi connectivity index (χ4n) is 3.72. The van der Waals surface area contributed by atoms with E-state index in [2.05, 4.69) is 18.7 Å².